The SMILES string of the molecule is Cc1cccc(-c2ccc3ccccc3c2)c1-n1c2ccccc2c2ccc(N(c3ccccc3)c3ccc4c(c3)C(C)(C)c3ccccc3-4)cc21. The van der Waals surface area contributed by atoms with E-state index in [2.05, 4.69) is 206 Å². The molecule has 0 amide bonds. The second-order valence-corrected chi connectivity index (χ2v) is 14.7. The number of aryl methyl sites for hydroxylation is 1. The van der Waals surface area contributed by atoms with Crippen LogP contribution in [-0.2, 0) is 5.41 Å². The standard InChI is InChI=1S/C50H38N2/c1-33-14-13-21-40(36-25-24-34-15-7-8-16-35(34)30-36)49(33)52-47-23-12-10-20-43(47)44-29-27-39(32-48(44)52)51(37-17-5-4-6-18-37)38-26-28-42-41-19-9-11-22-45(41)50(2,3)46(42)31-38/h4-32H,1-3H3. The van der Waals surface area contributed by atoms with E-state index in [0.717, 1.165) is 17.1 Å². The summed E-state index contributed by atoms with van der Waals surface area (Å²) >= 11 is 0. The van der Waals surface area contributed by atoms with Crippen LogP contribution in [0.4, 0.5) is 17.1 Å². The topological polar surface area (TPSA) is 8.17 Å². The Morgan fingerprint density at radius 2 is 1.12 bits per heavy atom. The van der Waals surface area contributed by atoms with Gasteiger partial charge in [0.25, 0.3) is 0 Å². The molecule has 0 atom stereocenters. The molecule has 1 aliphatic carbocycles. The van der Waals surface area contributed by atoms with Crippen molar-refractivity contribution in [2.24, 2.45) is 0 Å². The Morgan fingerprint density at radius 1 is 0.442 bits per heavy atom. The van der Waals surface area contributed by atoms with Gasteiger partial charge in [-0.25, -0.2) is 0 Å². The summed E-state index contributed by atoms with van der Waals surface area (Å²) in [7, 11) is 0. The van der Waals surface area contributed by atoms with Gasteiger partial charge in [0.15, 0.2) is 0 Å². The van der Waals surface area contributed by atoms with Crippen molar-refractivity contribution in [3.05, 3.63) is 193 Å². The van der Waals surface area contributed by atoms with Crippen LogP contribution >= 0.6 is 0 Å². The maximum atomic E-state index is 2.50. The first kappa shape index (κ1) is 30.4. The van der Waals surface area contributed by atoms with E-state index in [4.69, 9.17) is 0 Å². The Balaban J connectivity index is 1.21. The van der Waals surface area contributed by atoms with Crippen molar-refractivity contribution in [3.63, 3.8) is 0 Å². The van der Waals surface area contributed by atoms with E-state index in [9.17, 15) is 0 Å². The number of nitrogens with zero attached hydrogens (tertiary/aromatic N) is 2. The number of hydrogen-bond donors (Lipinski definition) is 0. The van der Waals surface area contributed by atoms with E-state index < -0.39 is 0 Å². The summed E-state index contributed by atoms with van der Waals surface area (Å²) in [6, 6.07) is 64.7. The van der Waals surface area contributed by atoms with Crippen LogP contribution in [0.25, 0.3) is 60.5 Å². The average Bonchev–Trinajstić information content (AvgIpc) is 3.63. The fraction of sp³-hybridized carbons (Fsp3) is 0.0800. The largest absolute Gasteiger partial charge is 0.310 e. The first-order chi connectivity index (χ1) is 25.5. The van der Waals surface area contributed by atoms with Gasteiger partial charge in [0.05, 0.1) is 16.7 Å². The van der Waals surface area contributed by atoms with Gasteiger partial charge in [0, 0.05) is 38.8 Å². The minimum atomic E-state index is -0.0926. The van der Waals surface area contributed by atoms with E-state index >= 15 is 0 Å². The third-order valence-corrected chi connectivity index (χ3v) is 11.3. The molecule has 0 N–H and O–H groups in total. The van der Waals surface area contributed by atoms with E-state index in [1.807, 2.05) is 0 Å². The number of para-hydroxylation sites is 3. The first-order valence-electron chi connectivity index (χ1n) is 18.2. The molecular weight excluding hydrogens is 629 g/mol. The number of benzene rings is 8. The van der Waals surface area contributed by atoms with Gasteiger partial charge in [-0.3, -0.25) is 0 Å². The highest BCUT2D eigenvalue weighted by molar-refractivity contribution is 6.11. The molecule has 0 bridgehead atoms. The quantitative estimate of drug-likeness (QED) is 0.177. The molecule has 9 aromatic rings. The normalized spacial score (nSPS) is 13.1. The molecule has 1 aromatic heterocycles. The molecule has 0 spiro atoms. The van der Waals surface area contributed by atoms with Crippen molar-refractivity contribution in [1.82, 2.24) is 4.57 Å². The minimum absolute atomic E-state index is 0.0926. The van der Waals surface area contributed by atoms with Crippen LogP contribution in [0.15, 0.2) is 176 Å². The Kier molecular flexibility index (Phi) is 6.78. The summed E-state index contributed by atoms with van der Waals surface area (Å²) < 4.78 is 2.50. The summed E-state index contributed by atoms with van der Waals surface area (Å²) in [4.78, 5) is 2.42. The zero-order valence-electron chi connectivity index (χ0n) is 29.6. The van der Waals surface area contributed by atoms with Crippen molar-refractivity contribution in [2.75, 3.05) is 4.90 Å². The van der Waals surface area contributed by atoms with Crippen LogP contribution in [0.5, 0.6) is 0 Å². The molecule has 1 aliphatic rings. The average molecular weight is 667 g/mol. The minimum Gasteiger partial charge on any atom is -0.310 e. The van der Waals surface area contributed by atoms with Gasteiger partial charge in [-0.1, -0.05) is 141 Å². The Labute approximate surface area is 304 Å². The van der Waals surface area contributed by atoms with E-state index in [0.29, 0.717) is 0 Å². The fourth-order valence-electron chi connectivity index (χ4n) is 8.74. The summed E-state index contributed by atoms with van der Waals surface area (Å²) in [5.41, 5.74) is 16.0. The van der Waals surface area contributed by atoms with Crippen molar-refractivity contribution in [1.29, 1.82) is 0 Å². The lowest BCUT2D eigenvalue weighted by atomic mass is 9.82. The third kappa shape index (κ3) is 4.57. The molecule has 1 heterocycles. The molecule has 8 aromatic carbocycles. The van der Waals surface area contributed by atoms with Crippen molar-refractivity contribution < 1.29 is 0 Å². The monoisotopic (exact) mass is 666 g/mol. The first-order valence-corrected chi connectivity index (χ1v) is 18.2. The highest BCUT2D eigenvalue weighted by atomic mass is 15.1. The van der Waals surface area contributed by atoms with E-state index in [1.165, 1.54) is 77.2 Å². The number of anilines is 3. The molecule has 248 valence electrons. The zero-order valence-corrected chi connectivity index (χ0v) is 29.6. The number of hydrogen-bond acceptors (Lipinski definition) is 1. The van der Waals surface area contributed by atoms with Crippen LogP contribution in [-0.4, -0.2) is 4.57 Å². The van der Waals surface area contributed by atoms with Crippen LogP contribution in [0.2, 0.25) is 0 Å². The third-order valence-electron chi connectivity index (χ3n) is 11.3. The number of rotatable bonds is 5. The van der Waals surface area contributed by atoms with Crippen molar-refractivity contribution >= 4 is 49.6 Å². The summed E-state index contributed by atoms with van der Waals surface area (Å²) in [6.07, 6.45) is 0. The van der Waals surface area contributed by atoms with E-state index in [-0.39, 0.29) is 5.41 Å². The molecule has 2 nitrogen and oxygen atoms in total. The summed E-state index contributed by atoms with van der Waals surface area (Å²) in [5, 5.41) is 4.99. The lowest BCUT2D eigenvalue weighted by Gasteiger charge is -2.28. The highest BCUT2D eigenvalue weighted by Crippen LogP contribution is 2.51. The van der Waals surface area contributed by atoms with E-state index in [1.54, 1.807) is 0 Å². The second kappa shape index (κ2) is 11.6. The molecule has 0 saturated heterocycles. The fourth-order valence-corrected chi connectivity index (χ4v) is 8.74. The van der Waals surface area contributed by atoms with Gasteiger partial charge >= 0.3 is 0 Å². The maximum absolute atomic E-state index is 2.50. The molecule has 0 aliphatic heterocycles. The lowest BCUT2D eigenvalue weighted by molar-refractivity contribution is 0.660. The van der Waals surface area contributed by atoms with Crippen LogP contribution in [0.1, 0.15) is 30.5 Å². The molecule has 0 radical (unpaired) electrons. The van der Waals surface area contributed by atoms with Crippen LogP contribution < -0.4 is 4.90 Å². The molecule has 10 rings (SSSR count). The van der Waals surface area contributed by atoms with Gasteiger partial charge in [0.2, 0.25) is 0 Å². The number of fused-ring (bicyclic) bond motifs is 7. The molecule has 52 heavy (non-hydrogen) atoms. The predicted molar refractivity (Wildman–Crippen MR) is 221 cm³/mol. The summed E-state index contributed by atoms with van der Waals surface area (Å²) in [5.74, 6) is 0. The lowest BCUT2D eigenvalue weighted by Crippen LogP contribution is -2.16. The van der Waals surface area contributed by atoms with Gasteiger partial charge in [-0.2, -0.15) is 0 Å². The molecule has 0 unspecified atom stereocenters. The van der Waals surface area contributed by atoms with Gasteiger partial charge < -0.3 is 9.47 Å². The molecule has 2 heteroatoms. The molecule has 0 fully saturated rings. The highest BCUT2D eigenvalue weighted by Gasteiger charge is 2.35. The van der Waals surface area contributed by atoms with Gasteiger partial charge in [0.1, 0.15) is 0 Å². The smallest absolute Gasteiger partial charge is 0.0569 e. The molecule has 0 saturated carbocycles. The summed E-state index contributed by atoms with van der Waals surface area (Å²) in [6.45, 7) is 6.95. The maximum Gasteiger partial charge on any atom is 0.0569 e. The van der Waals surface area contributed by atoms with Gasteiger partial charge in [-0.15, -0.1) is 0 Å². The van der Waals surface area contributed by atoms with Gasteiger partial charge in [-0.05, 0) is 99.6 Å². The number of aromatic nitrogens is 1. The zero-order chi connectivity index (χ0) is 35.0. The predicted octanol–water partition coefficient (Wildman–Crippen LogP) is 13.7. The Hall–Kier alpha value is -6.38. The van der Waals surface area contributed by atoms with Crippen molar-refractivity contribution in [2.45, 2.75) is 26.2 Å². The molecular formula is C50H38N2. The Bertz CT molecular complexity index is 2840. The Morgan fingerprint density at radius 3 is 2.00 bits per heavy atom. The van der Waals surface area contributed by atoms with Crippen LogP contribution in [0, 0.1) is 6.92 Å². The van der Waals surface area contributed by atoms with Crippen LogP contribution in [0.3, 0.4) is 0 Å². The van der Waals surface area contributed by atoms with Crippen molar-refractivity contribution in [3.8, 4) is 27.9 Å². The second-order valence-electron chi connectivity index (χ2n) is 14.7.